The van der Waals surface area contributed by atoms with Crippen molar-refractivity contribution in [3.8, 4) is 0 Å². The molecule has 17 heavy (non-hydrogen) atoms. The first kappa shape index (κ1) is 12.1. The fourth-order valence-corrected chi connectivity index (χ4v) is 2.41. The molecule has 0 amide bonds. The zero-order valence-electron chi connectivity index (χ0n) is 10.4. The molecule has 0 saturated carbocycles. The first-order valence-corrected chi connectivity index (χ1v) is 6.16. The Hall–Kier alpha value is -1.38. The van der Waals surface area contributed by atoms with Crippen LogP contribution in [-0.4, -0.2) is 18.4 Å². The van der Waals surface area contributed by atoms with E-state index in [0.717, 1.165) is 19.4 Å². The average Bonchev–Trinajstić information content (AvgIpc) is 2.30. The van der Waals surface area contributed by atoms with E-state index in [9.17, 15) is 9.18 Å². The summed E-state index contributed by atoms with van der Waals surface area (Å²) in [4.78, 5) is 13.3. The lowest BCUT2D eigenvalue weighted by Gasteiger charge is -2.35. The molecule has 0 bridgehead atoms. The third-order valence-corrected chi connectivity index (χ3v) is 3.47. The van der Waals surface area contributed by atoms with E-state index in [-0.39, 0.29) is 11.6 Å². The first-order chi connectivity index (χ1) is 8.09. The maximum absolute atomic E-state index is 14.0. The van der Waals surface area contributed by atoms with Crippen molar-refractivity contribution in [2.45, 2.75) is 39.2 Å². The third kappa shape index (κ3) is 2.48. The number of benzene rings is 1. The molecule has 0 radical (unpaired) electrons. The Kier molecular flexibility index (Phi) is 3.46. The second-order valence-electron chi connectivity index (χ2n) is 4.76. The molecule has 2 nitrogen and oxygen atoms in total. The molecule has 1 saturated heterocycles. The van der Waals surface area contributed by atoms with Crippen LogP contribution >= 0.6 is 0 Å². The SMILES string of the molecule is CC(=O)c1ccc(N2CCCC[C@H]2C)c(F)c1. The summed E-state index contributed by atoms with van der Waals surface area (Å²) in [5.74, 6) is -0.381. The van der Waals surface area contributed by atoms with Crippen LogP contribution in [0.3, 0.4) is 0 Å². The molecule has 92 valence electrons. The van der Waals surface area contributed by atoms with Gasteiger partial charge in [-0.1, -0.05) is 0 Å². The summed E-state index contributed by atoms with van der Waals surface area (Å²) in [6.45, 7) is 4.48. The number of anilines is 1. The summed E-state index contributed by atoms with van der Waals surface area (Å²) in [6.07, 6.45) is 3.43. The fourth-order valence-electron chi connectivity index (χ4n) is 2.41. The number of rotatable bonds is 2. The van der Waals surface area contributed by atoms with Crippen LogP contribution in [0, 0.1) is 5.82 Å². The van der Waals surface area contributed by atoms with E-state index in [1.165, 1.54) is 19.4 Å². The van der Waals surface area contributed by atoms with E-state index in [2.05, 4.69) is 11.8 Å². The zero-order valence-corrected chi connectivity index (χ0v) is 10.4. The lowest BCUT2D eigenvalue weighted by Crippen LogP contribution is -2.38. The molecule has 0 unspecified atom stereocenters. The number of hydrogen-bond donors (Lipinski definition) is 0. The Morgan fingerprint density at radius 1 is 1.41 bits per heavy atom. The first-order valence-electron chi connectivity index (χ1n) is 6.16. The predicted octanol–water partition coefficient (Wildman–Crippen LogP) is 3.41. The highest BCUT2D eigenvalue weighted by molar-refractivity contribution is 5.94. The van der Waals surface area contributed by atoms with Gasteiger partial charge in [-0.15, -0.1) is 0 Å². The minimum absolute atomic E-state index is 0.0952. The van der Waals surface area contributed by atoms with Crippen molar-refractivity contribution in [2.75, 3.05) is 11.4 Å². The van der Waals surface area contributed by atoms with Crippen LogP contribution in [0.15, 0.2) is 18.2 Å². The molecule has 0 spiro atoms. The van der Waals surface area contributed by atoms with Gasteiger partial charge >= 0.3 is 0 Å². The van der Waals surface area contributed by atoms with Crippen molar-refractivity contribution in [2.24, 2.45) is 0 Å². The van der Waals surface area contributed by atoms with Gasteiger partial charge in [0.25, 0.3) is 0 Å². The smallest absolute Gasteiger partial charge is 0.159 e. The molecule has 1 aliphatic heterocycles. The highest BCUT2D eigenvalue weighted by atomic mass is 19.1. The second kappa shape index (κ2) is 4.86. The summed E-state index contributed by atoms with van der Waals surface area (Å²) in [5, 5.41) is 0. The van der Waals surface area contributed by atoms with Gasteiger partial charge < -0.3 is 4.90 Å². The number of carbonyl (C=O) groups excluding carboxylic acids is 1. The van der Waals surface area contributed by atoms with Crippen LogP contribution in [0.2, 0.25) is 0 Å². The lowest BCUT2D eigenvalue weighted by atomic mass is 10.0. The Labute approximate surface area is 101 Å². The molecule has 1 heterocycles. The van der Waals surface area contributed by atoms with E-state index in [4.69, 9.17) is 0 Å². The molecule has 1 aliphatic rings. The van der Waals surface area contributed by atoms with Crippen molar-refractivity contribution >= 4 is 11.5 Å². The molecule has 1 atom stereocenters. The fraction of sp³-hybridized carbons (Fsp3) is 0.500. The summed E-state index contributed by atoms with van der Waals surface area (Å²) < 4.78 is 14.0. The van der Waals surface area contributed by atoms with Gasteiger partial charge in [-0.2, -0.15) is 0 Å². The van der Waals surface area contributed by atoms with Crippen LogP contribution in [0.25, 0.3) is 0 Å². The maximum Gasteiger partial charge on any atom is 0.159 e. The van der Waals surface area contributed by atoms with E-state index in [1.807, 2.05) is 0 Å². The van der Waals surface area contributed by atoms with Crippen molar-refractivity contribution in [1.82, 2.24) is 0 Å². The molecule has 0 aromatic heterocycles. The summed E-state index contributed by atoms with van der Waals surface area (Å²) in [6, 6.07) is 5.16. The molecule has 0 N–H and O–H groups in total. The second-order valence-corrected chi connectivity index (χ2v) is 4.76. The van der Waals surface area contributed by atoms with Crippen molar-refractivity contribution < 1.29 is 9.18 Å². The van der Waals surface area contributed by atoms with Gasteiger partial charge in [-0.3, -0.25) is 4.79 Å². The van der Waals surface area contributed by atoms with Crippen LogP contribution in [0.5, 0.6) is 0 Å². The van der Waals surface area contributed by atoms with E-state index >= 15 is 0 Å². The Morgan fingerprint density at radius 2 is 2.18 bits per heavy atom. The largest absolute Gasteiger partial charge is 0.366 e. The van der Waals surface area contributed by atoms with Crippen molar-refractivity contribution in [3.05, 3.63) is 29.6 Å². The predicted molar refractivity (Wildman–Crippen MR) is 67.1 cm³/mol. The highest BCUT2D eigenvalue weighted by Gasteiger charge is 2.21. The van der Waals surface area contributed by atoms with Crippen LogP contribution in [-0.2, 0) is 0 Å². The minimum atomic E-state index is -0.286. The molecule has 3 heteroatoms. The maximum atomic E-state index is 14.0. The van der Waals surface area contributed by atoms with Gasteiger partial charge in [-0.25, -0.2) is 4.39 Å². The number of nitrogens with zero attached hydrogens (tertiary/aromatic N) is 1. The molecular formula is C14H18FNO. The third-order valence-electron chi connectivity index (χ3n) is 3.47. The average molecular weight is 235 g/mol. The normalized spacial score (nSPS) is 20.4. The summed E-state index contributed by atoms with van der Waals surface area (Å²) in [5.41, 5.74) is 1.07. The number of hydrogen-bond acceptors (Lipinski definition) is 2. The molecule has 1 aromatic carbocycles. The van der Waals surface area contributed by atoms with Gasteiger partial charge in [-0.05, 0) is 51.3 Å². The number of ketones is 1. The number of halogens is 1. The number of carbonyl (C=O) groups is 1. The topological polar surface area (TPSA) is 20.3 Å². The molecule has 0 aliphatic carbocycles. The summed E-state index contributed by atoms with van der Waals surface area (Å²) >= 11 is 0. The van der Waals surface area contributed by atoms with Crippen molar-refractivity contribution in [3.63, 3.8) is 0 Å². The van der Waals surface area contributed by atoms with Crippen LogP contribution in [0.1, 0.15) is 43.5 Å². The number of piperidine rings is 1. The summed E-state index contributed by atoms with van der Waals surface area (Å²) in [7, 11) is 0. The minimum Gasteiger partial charge on any atom is -0.366 e. The van der Waals surface area contributed by atoms with E-state index in [1.54, 1.807) is 12.1 Å². The highest BCUT2D eigenvalue weighted by Crippen LogP contribution is 2.27. The zero-order chi connectivity index (χ0) is 12.4. The van der Waals surface area contributed by atoms with Gasteiger partial charge in [0.1, 0.15) is 5.82 Å². The quantitative estimate of drug-likeness (QED) is 0.732. The Morgan fingerprint density at radius 3 is 2.76 bits per heavy atom. The van der Waals surface area contributed by atoms with Gasteiger partial charge in [0.2, 0.25) is 0 Å². The van der Waals surface area contributed by atoms with E-state index < -0.39 is 0 Å². The van der Waals surface area contributed by atoms with Gasteiger partial charge in [0.15, 0.2) is 5.78 Å². The van der Waals surface area contributed by atoms with E-state index in [0.29, 0.717) is 17.3 Å². The van der Waals surface area contributed by atoms with Crippen molar-refractivity contribution in [1.29, 1.82) is 0 Å². The standard InChI is InChI=1S/C14H18FNO/c1-10-5-3-4-8-16(10)14-7-6-12(11(2)17)9-13(14)15/h6-7,9-10H,3-5,8H2,1-2H3/t10-/m1/s1. The van der Waals surface area contributed by atoms with Gasteiger partial charge in [0.05, 0.1) is 5.69 Å². The lowest BCUT2D eigenvalue weighted by molar-refractivity contribution is 0.101. The molecule has 1 fully saturated rings. The molecule has 1 aromatic rings. The van der Waals surface area contributed by atoms with Gasteiger partial charge in [0, 0.05) is 18.2 Å². The molecule has 2 rings (SSSR count). The monoisotopic (exact) mass is 235 g/mol. The Bertz CT molecular complexity index is 430. The van der Waals surface area contributed by atoms with Crippen LogP contribution < -0.4 is 4.90 Å². The molecular weight excluding hydrogens is 217 g/mol. The Balaban J connectivity index is 2.29. The number of Topliss-reactive ketones (excluding diaryl/α,β-unsaturated/α-hetero) is 1. The van der Waals surface area contributed by atoms with Crippen LogP contribution in [0.4, 0.5) is 10.1 Å².